The first-order valence-corrected chi connectivity index (χ1v) is 8.42. The van der Waals surface area contributed by atoms with E-state index in [0.717, 1.165) is 19.0 Å². The van der Waals surface area contributed by atoms with Gasteiger partial charge in [-0.15, -0.1) is 0 Å². The van der Waals surface area contributed by atoms with Gasteiger partial charge in [-0.05, 0) is 72.1 Å². The van der Waals surface area contributed by atoms with Crippen molar-refractivity contribution < 1.29 is 0 Å². The van der Waals surface area contributed by atoms with Crippen molar-refractivity contribution >= 4 is 0 Å². The van der Waals surface area contributed by atoms with E-state index < -0.39 is 0 Å². The molecule has 0 aromatic carbocycles. The van der Waals surface area contributed by atoms with Gasteiger partial charge >= 0.3 is 0 Å². The first kappa shape index (κ1) is 16.5. The summed E-state index contributed by atoms with van der Waals surface area (Å²) in [7, 11) is 0. The summed E-state index contributed by atoms with van der Waals surface area (Å²) in [5, 5.41) is 7.97. The number of likely N-dealkylation sites (tertiary alicyclic amines) is 1. The first-order chi connectivity index (χ1) is 9.95. The van der Waals surface area contributed by atoms with Gasteiger partial charge in [-0.25, -0.2) is 0 Å². The highest BCUT2D eigenvalue weighted by molar-refractivity contribution is 5.04. The van der Waals surface area contributed by atoms with E-state index in [1.165, 1.54) is 44.5 Å². The number of rotatable bonds is 6. The maximum atomic E-state index is 4.44. The van der Waals surface area contributed by atoms with E-state index >= 15 is 0 Å². The molecule has 1 fully saturated rings. The third-order valence-corrected chi connectivity index (χ3v) is 4.36. The lowest BCUT2D eigenvalue weighted by Crippen LogP contribution is -2.34. The highest BCUT2D eigenvalue weighted by Gasteiger charge is 2.15. The van der Waals surface area contributed by atoms with Gasteiger partial charge in [0, 0.05) is 18.3 Å². The minimum absolute atomic E-state index is 0.0731. The number of aromatic nitrogens is 2. The minimum atomic E-state index is 0.0731. The molecule has 1 aromatic rings. The molecule has 0 unspecified atom stereocenters. The summed E-state index contributed by atoms with van der Waals surface area (Å²) >= 11 is 0. The van der Waals surface area contributed by atoms with E-state index in [2.05, 4.69) is 49.2 Å². The zero-order chi connectivity index (χ0) is 15.3. The Labute approximate surface area is 129 Å². The van der Waals surface area contributed by atoms with Gasteiger partial charge in [0.1, 0.15) is 0 Å². The fourth-order valence-corrected chi connectivity index (χ4v) is 2.76. The van der Waals surface area contributed by atoms with Gasteiger partial charge < -0.3 is 10.2 Å². The Kier molecular flexibility index (Phi) is 5.82. The van der Waals surface area contributed by atoms with Crippen molar-refractivity contribution in [2.75, 3.05) is 26.2 Å². The highest BCUT2D eigenvalue weighted by atomic mass is 15.3. The number of hydrogen-bond donors (Lipinski definition) is 1. The molecule has 1 aliphatic heterocycles. The summed E-state index contributed by atoms with van der Waals surface area (Å²) in [6, 6.07) is 0. The van der Waals surface area contributed by atoms with Crippen LogP contribution in [0.4, 0.5) is 0 Å². The van der Waals surface area contributed by atoms with Crippen molar-refractivity contribution in [3.05, 3.63) is 18.0 Å². The molecule has 21 heavy (non-hydrogen) atoms. The molecular weight excluding hydrogens is 260 g/mol. The SMILES string of the molecule is CC1CCN(CCCNCc2cnn(C(C)(C)C)c2)CC1. The third kappa shape index (κ3) is 5.44. The molecular formula is C17H32N4. The molecule has 0 saturated carbocycles. The molecule has 0 bridgehead atoms. The summed E-state index contributed by atoms with van der Waals surface area (Å²) in [5.74, 6) is 0.929. The van der Waals surface area contributed by atoms with E-state index in [1.807, 2.05) is 10.9 Å². The lowest BCUT2D eigenvalue weighted by Gasteiger charge is -2.30. The second kappa shape index (κ2) is 7.41. The van der Waals surface area contributed by atoms with Crippen LogP contribution in [0.1, 0.15) is 52.5 Å². The normalized spacial score (nSPS) is 18.3. The highest BCUT2D eigenvalue weighted by Crippen LogP contribution is 2.16. The molecule has 120 valence electrons. The van der Waals surface area contributed by atoms with Crippen LogP contribution in [0.5, 0.6) is 0 Å². The molecule has 1 aliphatic rings. The summed E-state index contributed by atoms with van der Waals surface area (Å²) < 4.78 is 2.04. The van der Waals surface area contributed by atoms with Crippen LogP contribution in [0.15, 0.2) is 12.4 Å². The van der Waals surface area contributed by atoms with E-state index in [9.17, 15) is 0 Å². The van der Waals surface area contributed by atoms with Gasteiger partial charge in [-0.3, -0.25) is 4.68 Å². The Morgan fingerprint density at radius 3 is 2.62 bits per heavy atom. The standard InChI is InChI=1S/C17H32N4/c1-15-6-10-20(11-7-15)9-5-8-18-12-16-13-19-21(14-16)17(2,3)4/h13-15,18H,5-12H2,1-4H3. The fraction of sp³-hybridized carbons (Fsp3) is 0.824. The van der Waals surface area contributed by atoms with Gasteiger partial charge in [0.25, 0.3) is 0 Å². The Morgan fingerprint density at radius 2 is 2.00 bits per heavy atom. The summed E-state index contributed by atoms with van der Waals surface area (Å²) in [5.41, 5.74) is 1.35. The van der Waals surface area contributed by atoms with Crippen LogP contribution in [0.3, 0.4) is 0 Å². The average Bonchev–Trinajstić information content (AvgIpc) is 2.89. The van der Waals surface area contributed by atoms with E-state index in [4.69, 9.17) is 0 Å². The Morgan fingerprint density at radius 1 is 1.29 bits per heavy atom. The van der Waals surface area contributed by atoms with Crippen molar-refractivity contribution in [2.45, 2.75) is 59.0 Å². The lowest BCUT2D eigenvalue weighted by molar-refractivity contribution is 0.190. The summed E-state index contributed by atoms with van der Waals surface area (Å²) in [4.78, 5) is 2.61. The molecule has 1 saturated heterocycles. The number of hydrogen-bond acceptors (Lipinski definition) is 3. The minimum Gasteiger partial charge on any atom is -0.313 e. The molecule has 1 N–H and O–H groups in total. The second-order valence-electron chi connectivity index (χ2n) is 7.52. The largest absolute Gasteiger partial charge is 0.313 e. The van der Waals surface area contributed by atoms with Crippen molar-refractivity contribution in [1.82, 2.24) is 20.0 Å². The van der Waals surface area contributed by atoms with Crippen LogP contribution in [0.25, 0.3) is 0 Å². The maximum Gasteiger partial charge on any atom is 0.0543 e. The van der Waals surface area contributed by atoms with Gasteiger partial charge in [-0.1, -0.05) is 6.92 Å². The van der Waals surface area contributed by atoms with Crippen LogP contribution < -0.4 is 5.32 Å². The Bertz CT molecular complexity index is 411. The maximum absolute atomic E-state index is 4.44. The second-order valence-corrected chi connectivity index (χ2v) is 7.52. The summed E-state index contributed by atoms with van der Waals surface area (Å²) in [6.07, 6.45) is 8.11. The number of nitrogens with zero attached hydrogens (tertiary/aromatic N) is 3. The van der Waals surface area contributed by atoms with Gasteiger partial charge in [-0.2, -0.15) is 5.10 Å². The molecule has 0 spiro atoms. The smallest absolute Gasteiger partial charge is 0.0543 e. The molecule has 1 aromatic heterocycles. The van der Waals surface area contributed by atoms with Gasteiger partial charge in [0.15, 0.2) is 0 Å². The van der Waals surface area contributed by atoms with Crippen LogP contribution >= 0.6 is 0 Å². The number of nitrogens with one attached hydrogen (secondary N) is 1. The zero-order valence-corrected chi connectivity index (χ0v) is 14.2. The van der Waals surface area contributed by atoms with Gasteiger partial charge in [0.2, 0.25) is 0 Å². The predicted octanol–water partition coefficient (Wildman–Crippen LogP) is 2.85. The van der Waals surface area contributed by atoms with Crippen molar-refractivity contribution in [3.8, 4) is 0 Å². The average molecular weight is 292 g/mol. The topological polar surface area (TPSA) is 33.1 Å². The molecule has 4 heteroatoms. The first-order valence-electron chi connectivity index (χ1n) is 8.42. The molecule has 0 aliphatic carbocycles. The van der Waals surface area contributed by atoms with E-state index in [-0.39, 0.29) is 5.54 Å². The van der Waals surface area contributed by atoms with E-state index in [1.54, 1.807) is 0 Å². The van der Waals surface area contributed by atoms with Crippen LogP contribution in [-0.4, -0.2) is 40.9 Å². The summed E-state index contributed by atoms with van der Waals surface area (Å²) in [6.45, 7) is 14.7. The monoisotopic (exact) mass is 292 g/mol. The third-order valence-electron chi connectivity index (χ3n) is 4.36. The molecule has 2 heterocycles. The van der Waals surface area contributed by atoms with Crippen LogP contribution in [-0.2, 0) is 12.1 Å². The molecule has 0 atom stereocenters. The van der Waals surface area contributed by atoms with Crippen LogP contribution in [0.2, 0.25) is 0 Å². The van der Waals surface area contributed by atoms with Crippen molar-refractivity contribution in [1.29, 1.82) is 0 Å². The Hall–Kier alpha value is -0.870. The fourth-order valence-electron chi connectivity index (χ4n) is 2.76. The zero-order valence-electron chi connectivity index (χ0n) is 14.2. The quantitative estimate of drug-likeness (QED) is 0.819. The molecule has 0 amide bonds. The van der Waals surface area contributed by atoms with Crippen LogP contribution in [0, 0.1) is 5.92 Å². The predicted molar refractivity (Wildman–Crippen MR) is 88.4 cm³/mol. The molecule has 4 nitrogen and oxygen atoms in total. The van der Waals surface area contributed by atoms with Crippen molar-refractivity contribution in [3.63, 3.8) is 0 Å². The number of piperidine rings is 1. The lowest BCUT2D eigenvalue weighted by atomic mass is 9.99. The molecule has 2 rings (SSSR count). The van der Waals surface area contributed by atoms with Gasteiger partial charge in [0.05, 0.1) is 11.7 Å². The van der Waals surface area contributed by atoms with E-state index in [0.29, 0.717) is 0 Å². The Balaban J connectivity index is 1.58. The molecule has 0 radical (unpaired) electrons. The van der Waals surface area contributed by atoms with Crippen molar-refractivity contribution in [2.24, 2.45) is 5.92 Å².